The fourth-order valence-electron chi connectivity index (χ4n) is 1.07. The van der Waals surface area contributed by atoms with E-state index in [0.29, 0.717) is 6.42 Å². The molecule has 0 radical (unpaired) electrons. The van der Waals surface area contributed by atoms with Crippen LogP contribution >= 0.6 is 0 Å². The summed E-state index contributed by atoms with van der Waals surface area (Å²) in [7, 11) is 1.95. The first-order valence-electron chi connectivity index (χ1n) is 3.91. The van der Waals surface area contributed by atoms with Crippen molar-refractivity contribution >= 4 is 5.91 Å². The second-order valence-electron chi connectivity index (χ2n) is 2.84. The summed E-state index contributed by atoms with van der Waals surface area (Å²) in [6.45, 7) is 0. The van der Waals surface area contributed by atoms with Gasteiger partial charge in [0.1, 0.15) is 7.05 Å². The lowest BCUT2D eigenvalue weighted by Gasteiger charge is -1.95. The molecule has 0 unspecified atom stereocenters. The van der Waals surface area contributed by atoms with E-state index in [2.05, 4.69) is 0 Å². The molecule has 0 aliphatic carbocycles. The van der Waals surface area contributed by atoms with Crippen molar-refractivity contribution in [2.75, 3.05) is 0 Å². The van der Waals surface area contributed by atoms with Gasteiger partial charge in [-0.2, -0.15) is 0 Å². The number of nitrogens with two attached hydrogens (primary N) is 1. The lowest BCUT2D eigenvalue weighted by molar-refractivity contribution is -0.671. The van der Waals surface area contributed by atoms with Gasteiger partial charge in [-0.1, -0.05) is 0 Å². The summed E-state index contributed by atoms with van der Waals surface area (Å²) >= 11 is 0. The Bertz CT molecular complexity index is 284. The van der Waals surface area contributed by atoms with Gasteiger partial charge in [-0.25, -0.2) is 4.57 Å². The van der Waals surface area contributed by atoms with Crippen LogP contribution in [-0.4, -0.2) is 5.91 Å². The van der Waals surface area contributed by atoms with Crippen LogP contribution in [0.3, 0.4) is 0 Å². The zero-order valence-electron chi connectivity index (χ0n) is 7.16. The van der Waals surface area contributed by atoms with Gasteiger partial charge in [0, 0.05) is 18.1 Å². The van der Waals surface area contributed by atoms with E-state index in [1.54, 1.807) is 0 Å². The zero-order valence-corrected chi connectivity index (χ0v) is 7.16. The van der Waals surface area contributed by atoms with E-state index in [0.717, 1.165) is 12.0 Å². The van der Waals surface area contributed by atoms with Crippen molar-refractivity contribution in [1.29, 1.82) is 0 Å². The van der Waals surface area contributed by atoms with Crippen LogP contribution in [0.1, 0.15) is 12.0 Å². The molecular weight excluding hydrogens is 152 g/mol. The van der Waals surface area contributed by atoms with E-state index >= 15 is 0 Å². The maximum Gasteiger partial charge on any atom is 0.217 e. The Hall–Kier alpha value is -1.38. The van der Waals surface area contributed by atoms with Crippen molar-refractivity contribution < 1.29 is 9.36 Å². The number of aryl methyl sites for hydroxylation is 2. The van der Waals surface area contributed by atoms with E-state index in [1.165, 1.54) is 0 Å². The average molecular weight is 165 g/mol. The van der Waals surface area contributed by atoms with Crippen LogP contribution in [-0.2, 0) is 18.3 Å². The first-order chi connectivity index (χ1) is 5.68. The summed E-state index contributed by atoms with van der Waals surface area (Å²) in [4.78, 5) is 10.5. The molecule has 1 amide bonds. The molecule has 0 atom stereocenters. The maximum absolute atomic E-state index is 10.5. The molecule has 0 aliphatic heterocycles. The van der Waals surface area contributed by atoms with Gasteiger partial charge in [-0.3, -0.25) is 4.79 Å². The quantitative estimate of drug-likeness (QED) is 0.626. The standard InChI is InChI=1S/C9H12N2O/c1-11-6-2-3-8(7-11)4-5-9(10)12/h2-3,6-7H,4-5H2,1H3,(H-,10,12)/p+1. The van der Waals surface area contributed by atoms with E-state index in [9.17, 15) is 4.79 Å². The number of aromatic nitrogens is 1. The third-order valence-electron chi connectivity index (χ3n) is 1.66. The smallest absolute Gasteiger partial charge is 0.217 e. The molecular formula is C9H13N2O+. The SMILES string of the molecule is C[n+]1cccc(CCC(N)=O)c1. The van der Waals surface area contributed by atoms with Crippen LogP contribution in [0.4, 0.5) is 0 Å². The lowest BCUT2D eigenvalue weighted by Crippen LogP contribution is -2.27. The van der Waals surface area contributed by atoms with Crippen LogP contribution in [0.2, 0.25) is 0 Å². The number of carbonyl (C=O) groups excluding carboxylic acids is 1. The highest BCUT2D eigenvalue weighted by atomic mass is 16.1. The van der Waals surface area contributed by atoms with Crippen LogP contribution in [0, 0.1) is 0 Å². The van der Waals surface area contributed by atoms with Gasteiger partial charge in [0.05, 0.1) is 0 Å². The van der Waals surface area contributed by atoms with E-state index in [-0.39, 0.29) is 5.91 Å². The summed E-state index contributed by atoms with van der Waals surface area (Å²) in [5, 5.41) is 0. The maximum atomic E-state index is 10.5. The number of hydrogen-bond acceptors (Lipinski definition) is 1. The van der Waals surface area contributed by atoms with Crippen LogP contribution in [0.25, 0.3) is 0 Å². The monoisotopic (exact) mass is 165 g/mol. The Morgan fingerprint density at radius 3 is 3.00 bits per heavy atom. The minimum Gasteiger partial charge on any atom is -0.370 e. The highest BCUT2D eigenvalue weighted by Crippen LogP contribution is 1.97. The molecule has 0 saturated carbocycles. The molecule has 0 fully saturated rings. The van der Waals surface area contributed by atoms with Gasteiger partial charge < -0.3 is 5.73 Å². The zero-order chi connectivity index (χ0) is 8.97. The van der Waals surface area contributed by atoms with Crippen molar-refractivity contribution in [2.24, 2.45) is 12.8 Å². The van der Waals surface area contributed by atoms with Gasteiger partial charge >= 0.3 is 0 Å². The molecule has 2 N–H and O–H groups in total. The largest absolute Gasteiger partial charge is 0.370 e. The highest BCUT2D eigenvalue weighted by Gasteiger charge is 2.00. The molecule has 0 aliphatic rings. The topological polar surface area (TPSA) is 47.0 Å². The highest BCUT2D eigenvalue weighted by molar-refractivity contribution is 5.73. The second-order valence-corrected chi connectivity index (χ2v) is 2.84. The molecule has 64 valence electrons. The van der Waals surface area contributed by atoms with Crippen LogP contribution < -0.4 is 10.3 Å². The van der Waals surface area contributed by atoms with E-state index in [1.807, 2.05) is 36.1 Å². The van der Waals surface area contributed by atoms with E-state index < -0.39 is 0 Å². The first kappa shape index (κ1) is 8.71. The molecule has 0 spiro atoms. The van der Waals surface area contributed by atoms with Crippen molar-refractivity contribution in [3.8, 4) is 0 Å². The normalized spacial score (nSPS) is 9.75. The number of amides is 1. The first-order valence-corrected chi connectivity index (χ1v) is 3.91. The third-order valence-corrected chi connectivity index (χ3v) is 1.66. The van der Waals surface area contributed by atoms with Gasteiger partial charge in [-0.05, 0) is 12.5 Å². The molecule has 1 heterocycles. The molecule has 3 heteroatoms. The van der Waals surface area contributed by atoms with Crippen molar-refractivity contribution in [3.05, 3.63) is 30.1 Å². The van der Waals surface area contributed by atoms with Gasteiger partial charge in [0.2, 0.25) is 5.91 Å². The number of rotatable bonds is 3. The molecule has 3 nitrogen and oxygen atoms in total. The second kappa shape index (κ2) is 3.85. The van der Waals surface area contributed by atoms with Crippen molar-refractivity contribution in [3.63, 3.8) is 0 Å². The molecule has 0 bridgehead atoms. The number of primary amides is 1. The molecule has 1 aromatic heterocycles. The number of hydrogen-bond donors (Lipinski definition) is 1. The van der Waals surface area contributed by atoms with Crippen LogP contribution in [0.15, 0.2) is 24.5 Å². The summed E-state index contributed by atoms with van der Waals surface area (Å²) in [5.74, 6) is -0.249. The van der Waals surface area contributed by atoms with Crippen LogP contribution in [0.5, 0.6) is 0 Å². The fraction of sp³-hybridized carbons (Fsp3) is 0.333. The Morgan fingerprint density at radius 2 is 2.42 bits per heavy atom. The predicted octanol–water partition coefficient (Wildman–Crippen LogP) is -0.0710. The Balaban J connectivity index is 2.57. The Kier molecular flexibility index (Phi) is 2.80. The summed E-state index contributed by atoms with van der Waals surface area (Å²) in [6, 6.07) is 3.94. The number of nitrogens with zero attached hydrogens (tertiary/aromatic N) is 1. The van der Waals surface area contributed by atoms with Gasteiger partial charge in [-0.15, -0.1) is 0 Å². The average Bonchev–Trinajstić information content (AvgIpc) is 2.01. The van der Waals surface area contributed by atoms with Crippen molar-refractivity contribution in [1.82, 2.24) is 0 Å². The van der Waals surface area contributed by atoms with Crippen molar-refractivity contribution in [2.45, 2.75) is 12.8 Å². The lowest BCUT2D eigenvalue weighted by atomic mass is 10.1. The van der Waals surface area contributed by atoms with E-state index in [4.69, 9.17) is 5.73 Å². The molecule has 0 saturated heterocycles. The molecule has 1 rings (SSSR count). The van der Waals surface area contributed by atoms with Gasteiger partial charge in [0.25, 0.3) is 0 Å². The molecule has 1 aromatic rings. The minimum atomic E-state index is -0.249. The summed E-state index contributed by atoms with van der Waals surface area (Å²) < 4.78 is 1.95. The van der Waals surface area contributed by atoms with Gasteiger partial charge in [0.15, 0.2) is 12.4 Å². The minimum absolute atomic E-state index is 0.249. The summed E-state index contributed by atoms with van der Waals surface area (Å²) in [6.07, 6.45) is 5.09. The summed E-state index contributed by atoms with van der Waals surface area (Å²) in [5.41, 5.74) is 6.17. The number of carbonyl (C=O) groups is 1. The fourth-order valence-corrected chi connectivity index (χ4v) is 1.07. The Morgan fingerprint density at radius 1 is 1.67 bits per heavy atom. The molecule has 12 heavy (non-hydrogen) atoms. The Labute approximate surface area is 71.8 Å². The number of pyridine rings is 1. The third kappa shape index (κ3) is 2.70. The molecule has 0 aromatic carbocycles. The predicted molar refractivity (Wildman–Crippen MR) is 45.1 cm³/mol.